The first-order valence-electron chi connectivity index (χ1n) is 10.5. The van der Waals surface area contributed by atoms with E-state index in [0.29, 0.717) is 25.7 Å². The molecule has 0 aliphatic carbocycles. The van der Waals surface area contributed by atoms with Gasteiger partial charge in [0, 0.05) is 0 Å². The zero-order chi connectivity index (χ0) is 23.1. The Kier molecular flexibility index (Phi) is 8.98. The van der Waals surface area contributed by atoms with Crippen molar-refractivity contribution in [2.75, 3.05) is 0 Å². The third kappa shape index (κ3) is 8.20. The number of hydrogen-bond acceptors (Lipinski definition) is 1. The number of alkyl halides is 6. The molecular formula is C24H28F6O. The fourth-order valence-electron chi connectivity index (χ4n) is 3.39. The molecule has 2 rings (SSSR count). The maximum Gasteiger partial charge on any atom is 0.416 e. The van der Waals surface area contributed by atoms with Crippen molar-refractivity contribution in [2.45, 2.75) is 76.9 Å². The number of halogens is 6. The fraction of sp³-hybridized carbons (Fsp3) is 0.500. The summed E-state index contributed by atoms with van der Waals surface area (Å²) >= 11 is 0. The average Bonchev–Trinajstić information content (AvgIpc) is 2.72. The molecule has 0 fully saturated rings. The minimum Gasteiger partial charge on any atom is -0.375 e. The van der Waals surface area contributed by atoms with Gasteiger partial charge in [-0.1, -0.05) is 38.1 Å². The molecule has 0 saturated heterocycles. The van der Waals surface area contributed by atoms with Crippen LogP contribution in [0.25, 0.3) is 0 Å². The van der Waals surface area contributed by atoms with Crippen LogP contribution in [-0.2, 0) is 29.9 Å². The lowest BCUT2D eigenvalue weighted by Gasteiger charge is -2.24. The maximum atomic E-state index is 12.7. The van der Waals surface area contributed by atoms with Gasteiger partial charge in [-0.15, -0.1) is 0 Å². The van der Waals surface area contributed by atoms with Gasteiger partial charge in [-0.2, -0.15) is 26.3 Å². The largest absolute Gasteiger partial charge is 0.416 e. The Balaban J connectivity index is 1.85. The first-order chi connectivity index (χ1) is 14.5. The summed E-state index contributed by atoms with van der Waals surface area (Å²) in [5.74, 6) is 0. The van der Waals surface area contributed by atoms with Crippen LogP contribution in [0.1, 0.15) is 61.8 Å². The van der Waals surface area contributed by atoms with Crippen LogP contribution < -0.4 is 0 Å². The van der Waals surface area contributed by atoms with Crippen LogP contribution in [0.15, 0.2) is 48.5 Å². The SMILES string of the molecule is CCC(CCc1ccc(C(F)(F)F)cc1)OC(CC)CCc1ccc(C(F)(F)F)cc1. The van der Waals surface area contributed by atoms with Gasteiger partial charge in [0.25, 0.3) is 0 Å². The van der Waals surface area contributed by atoms with E-state index in [2.05, 4.69) is 0 Å². The Bertz CT molecular complexity index is 710. The molecule has 0 spiro atoms. The standard InChI is InChI=1S/C24H28F6O/c1-3-21(15-9-17-5-11-19(12-6-17)23(25,26)27)31-22(4-2)16-10-18-7-13-20(14-8-18)24(28,29)30/h5-8,11-14,21-22H,3-4,9-10,15-16H2,1-2H3. The van der Waals surface area contributed by atoms with E-state index in [4.69, 9.17) is 4.74 Å². The quantitative estimate of drug-likeness (QED) is 0.338. The normalized spacial score (nSPS) is 14.5. The van der Waals surface area contributed by atoms with Gasteiger partial charge in [0.05, 0.1) is 23.3 Å². The first-order valence-corrected chi connectivity index (χ1v) is 10.5. The van der Waals surface area contributed by atoms with E-state index < -0.39 is 23.5 Å². The van der Waals surface area contributed by atoms with Gasteiger partial charge >= 0.3 is 12.4 Å². The lowest BCUT2D eigenvalue weighted by molar-refractivity contribution is -0.138. The third-order valence-corrected chi connectivity index (χ3v) is 5.37. The van der Waals surface area contributed by atoms with Crippen LogP contribution in [0.3, 0.4) is 0 Å². The van der Waals surface area contributed by atoms with Crippen LogP contribution in [0.5, 0.6) is 0 Å². The van der Waals surface area contributed by atoms with Crippen molar-refractivity contribution in [1.82, 2.24) is 0 Å². The topological polar surface area (TPSA) is 9.23 Å². The molecular weight excluding hydrogens is 418 g/mol. The summed E-state index contributed by atoms with van der Waals surface area (Å²) in [5, 5.41) is 0. The number of rotatable bonds is 10. The van der Waals surface area contributed by atoms with Gasteiger partial charge in [0.15, 0.2) is 0 Å². The van der Waals surface area contributed by atoms with Gasteiger partial charge in [-0.25, -0.2) is 0 Å². The van der Waals surface area contributed by atoms with Crippen LogP contribution >= 0.6 is 0 Å². The zero-order valence-electron chi connectivity index (χ0n) is 17.7. The highest BCUT2D eigenvalue weighted by Gasteiger charge is 2.30. The second-order valence-corrected chi connectivity index (χ2v) is 7.66. The smallest absolute Gasteiger partial charge is 0.375 e. The first kappa shape index (κ1) is 25.2. The Labute approximate surface area is 179 Å². The number of benzene rings is 2. The molecule has 31 heavy (non-hydrogen) atoms. The molecule has 2 unspecified atom stereocenters. The van der Waals surface area contributed by atoms with Crippen molar-refractivity contribution < 1.29 is 31.1 Å². The average molecular weight is 446 g/mol. The van der Waals surface area contributed by atoms with Crippen molar-refractivity contribution in [2.24, 2.45) is 0 Å². The Morgan fingerprint density at radius 3 is 1.19 bits per heavy atom. The molecule has 0 saturated carbocycles. The zero-order valence-corrected chi connectivity index (χ0v) is 17.7. The molecule has 1 nitrogen and oxygen atoms in total. The monoisotopic (exact) mass is 446 g/mol. The van der Waals surface area contributed by atoms with Crippen molar-refractivity contribution >= 4 is 0 Å². The molecule has 7 heteroatoms. The van der Waals surface area contributed by atoms with Crippen LogP contribution in [0.4, 0.5) is 26.3 Å². The van der Waals surface area contributed by atoms with Gasteiger partial charge < -0.3 is 4.74 Å². The van der Waals surface area contributed by atoms with Gasteiger partial charge in [0.1, 0.15) is 0 Å². The maximum absolute atomic E-state index is 12.7. The molecule has 172 valence electrons. The summed E-state index contributed by atoms with van der Waals surface area (Å²) in [5.41, 5.74) is 0.336. The number of hydrogen-bond donors (Lipinski definition) is 0. The fourth-order valence-corrected chi connectivity index (χ4v) is 3.39. The van der Waals surface area contributed by atoms with E-state index in [0.717, 1.165) is 48.2 Å². The van der Waals surface area contributed by atoms with Crippen LogP contribution in [-0.4, -0.2) is 12.2 Å². The molecule has 2 aromatic rings. The second kappa shape index (κ2) is 11.0. The highest BCUT2D eigenvalue weighted by molar-refractivity contribution is 5.25. The Hall–Kier alpha value is -2.02. The van der Waals surface area contributed by atoms with E-state index in [9.17, 15) is 26.3 Å². The highest BCUT2D eigenvalue weighted by Crippen LogP contribution is 2.30. The van der Waals surface area contributed by atoms with Crippen LogP contribution in [0.2, 0.25) is 0 Å². The summed E-state index contributed by atoms with van der Waals surface area (Å²) in [6.45, 7) is 4.00. The summed E-state index contributed by atoms with van der Waals surface area (Å²) in [7, 11) is 0. The lowest BCUT2D eigenvalue weighted by Crippen LogP contribution is -2.22. The highest BCUT2D eigenvalue weighted by atomic mass is 19.4. The Morgan fingerprint density at radius 2 is 0.935 bits per heavy atom. The minimum absolute atomic E-state index is 0.0279. The molecule has 2 aromatic carbocycles. The molecule has 0 radical (unpaired) electrons. The third-order valence-electron chi connectivity index (χ3n) is 5.37. The number of ether oxygens (including phenoxy) is 1. The number of aryl methyl sites for hydroxylation is 2. The summed E-state index contributed by atoms with van der Waals surface area (Å²) in [6, 6.07) is 10.4. The van der Waals surface area contributed by atoms with Crippen molar-refractivity contribution in [1.29, 1.82) is 0 Å². The van der Waals surface area contributed by atoms with E-state index in [-0.39, 0.29) is 12.2 Å². The Morgan fingerprint density at radius 1 is 0.613 bits per heavy atom. The van der Waals surface area contributed by atoms with Crippen LogP contribution in [0, 0.1) is 0 Å². The summed E-state index contributed by atoms with van der Waals surface area (Å²) < 4.78 is 82.2. The lowest BCUT2D eigenvalue weighted by atomic mass is 10.0. The van der Waals surface area contributed by atoms with E-state index >= 15 is 0 Å². The second-order valence-electron chi connectivity index (χ2n) is 7.66. The van der Waals surface area contributed by atoms with Crippen molar-refractivity contribution in [3.05, 3.63) is 70.8 Å². The molecule has 0 heterocycles. The van der Waals surface area contributed by atoms with Crippen molar-refractivity contribution in [3.8, 4) is 0 Å². The summed E-state index contributed by atoms with van der Waals surface area (Å²) in [6.07, 6.45) is -4.56. The molecule has 0 aliphatic heterocycles. The van der Waals surface area contributed by atoms with E-state index in [1.807, 2.05) is 13.8 Å². The van der Waals surface area contributed by atoms with E-state index in [1.165, 1.54) is 24.3 Å². The van der Waals surface area contributed by atoms with Gasteiger partial charge in [-0.05, 0) is 73.9 Å². The molecule has 2 atom stereocenters. The molecule has 0 aliphatic rings. The molecule has 0 amide bonds. The summed E-state index contributed by atoms with van der Waals surface area (Å²) in [4.78, 5) is 0. The minimum atomic E-state index is -4.34. The van der Waals surface area contributed by atoms with Gasteiger partial charge in [-0.3, -0.25) is 0 Å². The molecule has 0 bridgehead atoms. The molecule has 0 aromatic heterocycles. The van der Waals surface area contributed by atoms with Crippen molar-refractivity contribution in [3.63, 3.8) is 0 Å². The molecule has 0 N–H and O–H groups in total. The van der Waals surface area contributed by atoms with E-state index in [1.54, 1.807) is 0 Å². The predicted molar refractivity (Wildman–Crippen MR) is 109 cm³/mol. The van der Waals surface area contributed by atoms with Gasteiger partial charge in [0.2, 0.25) is 0 Å². The predicted octanol–water partition coefficient (Wildman–Crippen LogP) is 7.86.